The lowest BCUT2D eigenvalue weighted by Gasteiger charge is -2.24. The number of rotatable bonds is 5. The van der Waals surface area contributed by atoms with Gasteiger partial charge in [0.1, 0.15) is 5.60 Å². The quantitative estimate of drug-likeness (QED) is 0.646. The van der Waals surface area contributed by atoms with E-state index in [-0.39, 0.29) is 5.69 Å². The Hall–Kier alpha value is -2.64. The van der Waals surface area contributed by atoms with Crippen LogP contribution >= 0.6 is 0 Å². The van der Waals surface area contributed by atoms with Crippen LogP contribution in [0.15, 0.2) is 24.3 Å². The molecule has 1 aromatic carbocycles. The van der Waals surface area contributed by atoms with E-state index in [1.807, 2.05) is 0 Å². The number of carboxylic acids is 1. The van der Waals surface area contributed by atoms with Crippen LogP contribution in [0.25, 0.3) is 0 Å². The van der Waals surface area contributed by atoms with Gasteiger partial charge in [0.2, 0.25) is 0 Å². The maximum Gasteiger partial charge on any atom is 0.408 e. The van der Waals surface area contributed by atoms with E-state index in [2.05, 4.69) is 5.32 Å². The molecule has 1 N–H and O–H groups in total. The van der Waals surface area contributed by atoms with Gasteiger partial charge in [0.25, 0.3) is 5.69 Å². The fraction of sp³-hybridized carbons (Fsp3) is 0.429. The number of alkyl carbamates (subject to hydrolysis) is 1. The summed E-state index contributed by atoms with van der Waals surface area (Å²) in [6, 6.07) is 4.32. The van der Waals surface area contributed by atoms with E-state index in [0.29, 0.717) is 5.56 Å². The Kier molecular flexibility index (Phi) is 5.44. The highest BCUT2D eigenvalue weighted by molar-refractivity contribution is 5.71. The summed E-state index contributed by atoms with van der Waals surface area (Å²) in [6.45, 7) is 5.02. The molecule has 0 heterocycles. The molecule has 0 spiro atoms. The Morgan fingerprint density at radius 1 is 1.27 bits per heavy atom. The average Bonchev–Trinajstić information content (AvgIpc) is 2.35. The van der Waals surface area contributed by atoms with Crippen molar-refractivity contribution >= 4 is 17.7 Å². The summed E-state index contributed by atoms with van der Waals surface area (Å²) >= 11 is 0. The fourth-order valence-corrected chi connectivity index (χ4v) is 1.70. The van der Waals surface area contributed by atoms with Gasteiger partial charge in [0.15, 0.2) is 0 Å². The number of nitrogens with zero attached hydrogens (tertiary/aromatic N) is 1. The van der Waals surface area contributed by atoms with E-state index in [0.717, 1.165) is 0 Å². The molecule has 1 amide bonds. The molecular weight excluding hydrogens is 292 g/mol. The molecule has 1 atom stereocenters. The van der Waals surface area contributed by atoms with Crippen LogP contribution in [0, 0.1) is 10.1 Å². The Balaban J connectivity index is 2.90. The van der Waals surface area contributed by atoms with Gasteiger partial charge >= 0.3 is 6.09 Å². The van der Waals surface area contributed by atoms with E-state index in [4.69, 9.17) is 4.74 Å². The van der Waals surface area contributed by atoms with Gasteiger partial charge < -0.3 is 20.0 Å². The van der Waals surface area contributed by atoms with Crippen LogP contribution in [0.3, 0.4) is 0 Å². The number of aliphatic carboxylic acids is 1. The van der Waals surface area contributed by atoms with Crippen LogP contribution in [0.4, 0.5) is 10.5 Å². The van der Waals surface area contributed by atoms with Crippen molar-refractivity contribution in [1.82, 2.24) is 5.32 Å². The molecule has 0 bridgehead atoms. The minimum absolute atomic E-state index is 0.131. The average molecular weight is 309 g/mol. The summed E-state index contributed by atoms with van der Waals surface area (Å²) < 4.78 is 5.06. The summed E-state index contributed by atoms with van der Waals surface area (Å²) in [5.41, 5.74) is -0.458. The Labute approximate surface area is 127 Å². The van der Waals surface area contributed by atoms with Crippen LogP contribution < -0.4 is 10.4 Å². The first-order chi connectivity index (χ1) is 10.1. The normalized spacial score (nSPS) is 12.3. The zero-order valence-corrected chi connectivity index (χ0v) is 12.5. The smallest absolute Gasteiger partial charge is 0.408 e. The van der Waals surface area contributed by atoms with Gasteiger partial charge in [0, 0.05) is 24.5 Å². The molecule has 0 aliphatic carbocycles. The summed E-state index contributed by atoms with van der Waals surface area (Å²) in [5.74, 6) is -1.36. The van der Waals surface area contributed by atoms with Crippen molar-refractivity contribution in [2.24, 2.45) is 0 Å². The summed E-state index contributed by atoms with van der Waals surface area (Å²) in [5, 5.41) is 23.8. The van der Waals surface area contributed by atoms with Gasteiger partial charge in [-0.3, -0.25) is 10.1 Å². The van der Waals surface area contributed by atoms with Gasteiger partial charge in [-0.05, 0) is 26.3 Å². The van der Waals surface area contributed by atoms with Crippen LogP contribution in [-0.4, -0.2) is 22.6 Å². The highest BCUT2D eigenvalue weighted by Gasteiger charge is 2.21. The summed E-state index contributed by atoms with van der Waals surface area (Å²) in [7, 11) is 0. The van der Waals surface area contributed by atoms with Crippen molar-refractivity contribution in [2.75, 3.05) is 0 Å². The minimum Gasteiger partial charge on any atom is -0.550 e. The SMILES string of the molecule is CC(C)(C)OC(=O)N[C@@H](CC(=O)[O-])c1ccc([N+](=O)[O-])cc1. The molecule has 1 rings (SSSR count). The highest BCUT2D eigenvalue weighted by atomic mass is 16.6. The fourth-order valence-electron chi connectivity index (χ4n) is 1.70. The molecule has 0 saturated heterocycles. The van der Waals surface area contributed by atoms with E-state index >= 15 is 0 Å². The molecule has 0 radical (unpaired) electrons. The van der Waals surface area contributed by atoms with Gasteiger partial charge in [-0.25, -0.2) is 4.79 Å². The number of nitro groups is 1. The molecule has 120 valence electrons. The first-order valence-electron chi connectivity index (χ1n) is 6.52. The molecule has 0 aliphatic heterocycles. The molecular formula is C14H17N2O6-. The van der Waals surface area contributed by atoms with Crippen molar-refractivity contribution in [3.05, 3.63) is 39.9 Å². The number of carbonyl (C=O) groups excluding carboxylic acids is 2. The Morgan fingerprint density at radius 2 is 1.82 bits per heavy atom. The number of nitrogens with one attached hydrogen (secondary N) is 1. The van der Waals surface area contributed by atoms with Gasteiger partial charge in [-0.2, -0.15) is 0 Å². The minimum atomic E-state index is -1.36. The maximum atomic E-state index is 11.7. The third-order valence-electron chi connectivity index (χ3n) is 2.57. The summed E-state index contributed by atoms with van der Waals surface area (Å²) in [4.78, 5) is 32.6. The van der Waals surface area contributed by atoms with Crippen LogP contribution in [0.5, 0.6) is 0 Å². The standard InChI is InChI=1S/C14H18N2O6/c1-14(2,3)22-13(19)15-11(8-12(17)18)9-4-6-10(7-5-9)16(20)21/h4-7,11H,8H2,1-3H3,(H,15,19)(H,17,18)/p-1/t11-/m0/s1. The highest BCUT2D eigenvalue weighted by Crippen LogP contribution is 2.21. The number of nitro benzene ring substituents is 1. The lowest BCUT2D eigenvalue weighted by Crippen LogP contribution is -2.37. The number of hydrogen-bond acceptors (Lipinski definition) is 6. The third-order valence-corrected chi connectivity index (χ3v) is 2.57. The number of amides is 1. The van der Waals surface area contributed by atoms with Gasteiger partial charge in [0.05, 0.1) is 11.0 Å². The second-order valence-electron chi connectivity index (χ2n) is 5.62. The van der Waals surface area contributed by atoms with Crippen molar-refractivity contribution < 1.29 is 24.4 Å². The molecule has 0 aromatic heterocycles. The van der Waals surface area contributed by atoms with E-state index in [9.17, 15) is 24.8 Å². The molecule has 8 nitrogen and oxygen atoms in total. The predicted molar refractivity (Wildman–Crippen MR) is 74.8 cm³/mol. The van der Waals surface area contributed by atoms with E-state index in [1.54, 1.807) is 20.8 Å². The number of carbonyl (C=O) groups is 2. The molecule has 0 fully saturated rings. The number of carboxylic acid groups (broad SMARTS) is 1. The van der Waals surface area contributed by atoms with Crippen LogP contribution in [-0.2, 0) is 9.53 Å². The zero-order chi connectivity index (χ0) is 16.9. The molecule has 8 heteroatoms. The second kappa shape index (κ2) is 6.88. The Morgan fingerprint density at radius 3 is 2.23 bits per heavy atom. The molecule has 22 heavy (non-hydrogen) atoms. The first-order valence-corrected chi connectivity index (χ1v) is 6.52. The molecule has 1 aromatic rings. The number of non-ortho nitro benzene ring substituents is 1. The van der Waals surface area contributed by atoms with Crippen LogP contribution in [0.2, 0.25) is 0 Å². The van der Waals surface area contributed by atoms with Gasteiger partial charge in [-0.1, -0.05) is 12.1 Å². The zero-order valence-electron chi connectivity index (χ0n) is 12.5. The van der Waals surface area contributed by atoms with Crippen LogP contribution in [0.1, 0.15) is 38.8 Å². The van der Waals surface area contributed by atoms with Gasteiger partial charge in [-0.15, -0.1) is 0 Å². The monoisotopic (exact) mass is 309 g/mol. The lowest BCUT2D eigenvalue weighted by atomic mass is 10.0. The van der Waals surface area contributed by atoms with E-state index < -0.39 is 35.0 Å². The van der Waals surface area contributed by atoms with E-state index in [1.165, 1.54) is 24.3 Å². The third kappa shape index (κ3) is 5.78. The number of ether oxygens (including phenoxy) is 1. The topological polar surface area (TPSA) is 122 Å². The van der Waals surface area contributed by atoms with Crippen molar-refractivity contribution in [3.8, 4) is 0 Å². The maximum absolute atomic E-state index is 11.7. The summed E-state index contributed by atoms with van der Waals surface area (Å²) in [6.07, 6.45) is -1.26. The molecule has 0 aliphatic rings. The molecule has 0 saturated carbocycles. The largest absolute Gasteiger partial charge is 0.550 e. The van der Waals surface area contributed by atoms with Crippen molar-refractivity contribution in [3.63, 3.8) is 0 Å². The second-order valence-corrected chi connectivity index (χ2v) is 5.62. The Bertz CT molecular complexity index is 562. The lowest BCUT2D eigenvalue weighted by molar-refractivity contribution is -0.384. The number of benzene rings is 1. The molecule has 0 unspecified atom stereocenters. The number of hydrogen-bond donors (Lipinski definition) is 1. The van der Waals surface area contributed by atoms with Crippen molar-refractivity contribution in [2.45, 2.75) is 38.8 Å². The predicted octanol–water partition coefficient (Wildman–Crippen LogP) is 1.30. The first kappa shape index (κ1) is 17.4. The van der Waals surface area contributed by atoms with Crippen molar-refractivity contribution in [1.29, 1.82) is 0 Å².